The molecule has 4 amide bonds. The Balaban J connectivity index is 1.60. The van der Waals surface area contributed by atoms with E-state index in [9.17, 15) is 14.4 Å². The first kappa shape index (κ1) is 19.4. The molecule has 6 nitrogen and oxygen atoms in total. The highest BCUT2D eigenvalue weighted by molar-refractivity contribution is 6.04. The van der Waals surface area contributed by atoms with Gasteiger partial charge >= 0.3 is 6.03 Å². The van der Waals surface area contributed by atoms with E-state index in [0.29, 0.717) is 37.9 Å². The number of imide groups is 1. The van der Waals surface area contributed by atoms with Crippen LogP contribution in [0.2, 0.25) is 0 Å². The van der Waals surface area contributed by atoms with E-state index in [-0.39, 0.29) is 29.3 Å². The van der Waals surface area contributed by atoms with Crippen LogP contribution in [0.15, 0.2) is 24.3 Å². The van der Waals surface area contributed by atoms with E-state index in [1.807, 2.05) is 36.1 Å². The minimum Gasteiger partial charge on any atom is -0.338 e. The molecule has 1 N–H and O–H groups in total. The molecule has 0 saturated carbocycles. The summed E-state index contributed by atoms with van der Waals surface area (Å²) < 4.78 is 0. The van der Waals surface area contributed by atoms with E-state index in [2.05, 4.69) is 26.1 Å². The van der Waals surface area contributed by atoms with Crippen molar-refractivity contribution in [2.45, 2.75) is 59.0 Å². The molecule has 146 valence electrons. The Morgan fingerprint density at radius 1 is 1.11 bits per heavy atom. The van der Waals surface area contributed by atoms with Crippen molar-refractivity contribution in [2.75, 3.05) is 13.1 Å². The summed E-state index contributed by atoms with van der Waals surface area (Å²) in [4.78, 5) is 40.9. The van der Waals surface area contributed by atoms with Crippen LogP contribution in [0.1, 0.15) is 56.0 Å². The molecular weight excluding hydrogens is 342 g/mol. The molecule has 2 fully saturated rings. The second-order valence-corrected chi connectivity index (χ2v) is 8.86. The smallest absolute Gasteiger partial charge is 0.325 e. The van der Waals surface area contributed by atoms with Gasteiger partial charge in [-0.15, -0.1) is 0 Å². The normalized spacial score (nSPS) is 21.6. The highest BCUT2D eigenvalue weighted by atomic mass is 16.2. The van der Waals surface area contributed by atoms with Gasteiger partial charge in [-0.2, -0.15) is 0 Å². The highest BCUT2D eigenvalue weighted by Gasteiger charge is 2.44. The van der Waals surface area contributed by atoms with Crippen molar-refractivity contribution in [2.24, 2.45) is 5.41 Å². The topological polar surface area (TPSA) is 69.7 Å². The largest absolute Gasteiger partial charge is 0.338 e. The fourth-order valence-electron chi connectivity index (χ4n) is 3.85. The standard InChI is InChI=1S/C21H29N3O3/c1-14-5-7-15(8-6-14)18(25)23-11-9-16(10-12-23)24-19(26)17(22-20(24)27)13-21(2,3)4/h5-8,16-17H,9-13H2,1-4H3,(H,22,27)/t17-/m0/s1. The van der Waals surface area contributed by atoms with Gasteiger partial charge in [0, 0.05) is 24.7 Å². The van der Waals surface area contributed by atoms with Crippen LogP contribution >= 0.6 is 0 Å². The maximum Gasteiger partial charge on any atom is 0.325 e. The number of carbonyl (C=O) groups excluding carboxylic acids is 3. The molecule has 2 aliphatic rings. The number of nitrogens with one attached hydrogen (secondary N) is 1. The van der Waals surface area contributed by atoms with Crippen LogP contribution in [0, 0.1) is 12.3 Å². The van der Waals surface area contributed by atoms with Gasteiger partial charge in [0.1, 0.15) is 6.04 Å². The fourth-order valence-corrected chi connectivity index (χ4v) is 3.85. The fraction of sp³-hybridized carbons (Fsp3) is 0.571. The number of likely N-dealkylation sites (tertiary alicyclic amines) is 1. The molecule has 0 unspecified atom stereocenters. The first-order valence-electron chi connectivity index (χ1n) is 9.65. The lowest BCUT2D eigenvalue weighted by Gasteiger charge is -2.35. The van der Waals surface area contributed by atoms with Crippen LogP contribution < -0.4 is 5.32 Å². The molecule has 0 radical (unpaired) electrons. The van der Waals surface area contributed by atoms with Crippen LogP contribution in [0.4, 0.5) is 4.79 Å². The molecule has 27 heavy (non-hydrogen) atoms. The van der Waals surface area contributed by atoms with Gasteiger partial charge in [0.25, 0.3) is 11.8 Å². The number of nitrogens with zero attached hydrogens (tertiary/aromatic N) is 2. The molecule has 0 spiro atoms. The van der Waals surface area contributed by atoms with Crippen molar-refractivity contribution < 1.29 is 14.4 Å². The monoisotopic (exact) mass is 371 g/mol. The second-order valence-electron chi connectivity index (χ2n) is 8.86. The molecule has 1 aromatic carbocycles. The summed E-state index contributed by atoms with van der Waals surface area (Å²) in [6, 6.07) is 6.69. The van der Waals surface area contributed by atoms with Gasteiger partial charge in [-0.25, -0.2) is 4.79 Å². The summed E-state index contributed by atoms with van der Waals surface area (Å²) in [5.41, 5.74) is 1.76. The van der Waals surface area contributed by atoms with Gasteiger partial charge in [-0.05, 0) is 43.7 Å². The minimum atomic E-state index is -0.440. The quantitative estimate of drug-likeness (QED) is 0.831. The number of urea groups is 1. The summed E-state index contributed by atoms with van der Waals surface area (Å²) >= 11 is 0. The van der Waals surface area contributed by atoms with Crippen LogP contribution in [0.5, 0.6) is 0 Å². The van der Waals surface area contributed by atoms with Gasteiger partial charge in [0.2, 0.25) is 0 Å². The van der Waals surface area contributed by atoms with E-state index < -0.39 is 6.04 Å². The van der Waals surface area contributed by atoms with Gasteiger partial charge in [-0.1, -0.05) is 38.5 Å². The number of aryl methyl sites for hydroxylation is 1. The molecule has 0 aliphatic carbocycles. The van der Waals surface area contributed by atoms with E-state index in [1.165, 1.54) is 4.90 Å². The number of carbonyl (C=O) groups is 3. The lowest BCUT2D eigenvalue weighted by Crippen LogP contribution is -2.49. The highest BCUT2D eigenvalue weighted by Crippen LogP contribution is 2.27. The number of hydrogen-bond acceptors (Lipinski definition) is 3. The summed E-state index contributed by atoms with van der Waals surface area (Å²) in [7, 11) is 0. The Kier molecular flexibility index (Phi) is 5.27. The first-order valence-corrected chi connectivity index (χ1v) is 9.65. The maximum absolute atomic E-state index is 12.7. The molecular formula is C21H29N3O3. The lowest BCUT2D eigenvalue weighted by molar-refractivity contribution is -0.130. The Hall–Kier alpha value is -2.37. The van der Waals surface area contributed by atoms with Crippen molar-refractivity contribution in [3.63, 3.8) is 0 Å². The molecule has 1 aromatic rings. The van der Waals surface area contributed by atoms with Gasteiger partial charge in [0.15, 0.2) is 0 Å². The Morgan fingerprint density at radius 2 is 1.70 bits per heavy atom. The number of hydrogen-bond donors (Lipinski definition) is 1. The molecule has 1 atom stereocenters. The predicted octanol–water partition coefficient (Wildman–Crippen LogP) is 2.96. The first-order chi connectivity index (χ1) is 12.7. The number of rotatable bonds is 3. The summed E-state index contributed by atoms with van der Waals surface area (Å²) in [6.07, 6.45) is 1.87. The van der Waals surface area contributed by atoms with Crippen molar-refractivity contribution in [1.29, 1.82) is 0 Å². The molecule has 6 heteroatoms. The number of benzene rings is 1. The zero-order valence-electron chi connectivity index (χ0n) is 16.6. The zero-order chi connectivity index (χ0) is 19.8. The van der Waals surface area contributed by atoms with Gasteiger partial charge < -0.3 is 10.2 Å². The summed E-state index contributed by atoms with van der Waals surface area (Å²) in [5.74, 6) is -0.116. The molecule has 2 heterocycles. The second kappa shape index (κ2) is 7.33. The molecule has 0 bridgehead atoms. The van der Waals surface area contributed by atoms with Crippen molar-refractivity contribution in [3.05, 3.63) is 35.4 Å². The Labute approximate surface area is 160 Å². The van der Waals surface area contributed by atoms with Crippen LogP contribution in [-0.2, 0) is 4.79 Å². The number of piperidine rings is 1. The maximum atomic E-state index is 12.7. The molecule has 2 aliphatic heterocycles. The SMILES string of the molecule is Cc1ccc(C(=O)N2CCC(N3C(=O)N[C@@H](CC(C)(C)C)C3=O)CC2)cc1. The van der Waals surface area contributed by atoms with E-state index in [1.54, 1.807) is 0 Å². The van der Waals surface area contributed by atoms with Crippen molar-refractivity contribution in [3.8, 4) is 0 Å². The van der Waals surface area contributed by atoms with E-state index in [0.717, 1.165) is 5.56 Å². The lowest BCUT2D eigenvalue weighted by atomic mass is 9.88. The average Bonchev–Trinajstić information content (AvgIpc) is 2.87. The molecule has 0 aromatic heterocycles. The molecule has 3 rings (SSSR count). The summed E-state index contributed by atoms with van der Waals surface area (Å²) in [5, 5.41) is 2.83. The van der Waals surface area contributed by atoms with Crippen molar-refractivity contribution in [1.82, 2.24) is 15.1 Å². The zero-order valence-corrected chi connectivity index (χ0v) is 16.6. The van der Waals surface area contributed by atoms with Crippen LogP contribution in [-0.4, -0.2) is 52.8 Å². The van der Waals surface area contributed by atoms with Crippen LogP contribution in [0.25, 0.3) is 0 Å². The third-order valence-electron chi connectivity index (χ3n) is 5.28. The van der Waals surface area contributed by atoms with E-state index >= 15 is 0 Å². The van der Waals surface area contributed by atoms with Gasteiger partial charge in [-0.3, -0.25) is 14.5 Å². The predicted molar refractivity (Wildman–Crippen MR) is 103 cm³/mol. The summed E-state index contributed by atoms with van der Waals surface area (Å²) in [6.45, 7) is 9.28. The minimum absolute atomic E-state index is 0.0104. The Morgan fingerprint density at radius 3 is 2.26 bits per heavy atom. The third-order valence-corrected chi connectivity index (χ3v) is 5.28. The van der Waals surface area contributed by atoms with Crippen LogP contribution in [0.3, 0.4) is 0 Å². The average molecular weight is 371 g/mol. The van der Waals surface area contributed by atoms with Crippen molar-refractivity contribution >= 4 is 17.8 Å². The van der Waals surface area contributed by atoms with Gasteiger partial charge in [0.05, 0.1) is 0 Å². The molecule has 2 saturated heterocycles. The number of amides is 4. The van der Waals surface area contributed by atoms with E-state index in [4.69, 9.17) is 0 Å². The third kappa shape index (κ3) is 4.31. The Bertz CT molecular complexity index is 728.